The van der Waals surface area contributed by atoms with Gasteiger partial charge < -0.3 is 0 Å². The number of hydrogen-bond donors (Lipinski definition) is 0. The summed E-state index contributed by atoms with van der Waals surface area (Å²) in [6.45, 7) is 4.54. The molecule has 0 N–H and O–H groups in total. The van der Waals surface area contributed by atoms with Crippen LogP contribution in [0, 0.1) is 23.7 Å². The molecule has 0 aliphatic heterocycles. The number of hydrogen-bond acceptors (Lipinski definition) is 1. The molecule has 0 aromatic rings. The van der Waals surface area contributed by atoms with Gasteiger partial charge in [-0.15, -0.1) is 0 Å². The van der Waals surface area contributed by atoms with Crippen LogP contribution >= 0.6 is 0 Å². The van der Waals surface area contributed by atoms with E-state index in [0.29, 0.717) is 23.5 Å². The summed E-state index contributed by atoms with van der Waals surface area (Å²) < 4.78 is 0. The summed E-state index contributed by atoms with van der Waals surface area (Å²) in [5.74, 6) is 3.18. The first-order chi connectivity index (χ1) is 6.16. The topological polar surface area (TPSA) is 17.1 Å². The fourth-order valence-corrected chi connectivity index (χ4v) is 2.65. The Bertz CT molecular complexity index is 240. The van der Waals surface area contributed by atoms with Gasteiger partial charge in [-0.3, -0.25) is 4.79 Å². The van der Waals surface area contributed by atoms with Gasteiger partial charge in [0.05, 0.1) is 0 Å². The second-order valence-electron chi connectivity index (χ2n) is 4.90. The maximum atomic E-state index is 11.3. The number of Topliss-reactive ketones (excluding diaryl/α,β-unsaturated/α-hetero) is 1. The maximum Gasteiger partial charge on any atom is 0.133 e. The average Bonchev–Trinajstić information content (AvgIpc) is 2.42. The molecule has 2 aliphatic carbocycles. The smallest absolute Gasteiger partial charge is 0.133 e. The molecule has 0 aromatic heterocycles. The number of rotatable bonds is 1. The first kappa shape index (κ1) is 8.98. The zero-order valence-corrected chi connectivity index (χ0v) is 8.49. The van der Waals surface area contributed by atoms with E-state index in [1.165, 1.54) is 6.42 Å². The van der Waals surface area contributed by atoms with Crippen LogP contribution in [-0.4, -0.2) is 5.78 Å². The van der Waals surface area contributed by atoms with Crippen LogP contribution in [0.15, 0.2) is 12.2 Å². The highest BCUT2D eigenvalue weighted by molar-refractivity contribution is 5.81. The van der Waals surface area contributed by atoms with Gasteiger partial charge in [-0.05, 0) is 30.1 Å². The van der Waals surface area contributed by atoms with Crippen LogP contribution in [0.1, 0.15) is 33.1 Å². The zero-order chi connectivity index (χ0) is 9.42. The van der Waals surface area contributed by atoms with E-state index in [1.54, 1.807) is 0 Å². The number of fused-ring (bicyclic) bond motifs is 1. The van der Waals surface area contributed by atoms with Crippen LogP contribution in [0.25, 0.3) is 0 Å². The Morgan fingerprint density at radius 3 is 2.77 bits per heavy atom. The van der Waals surface area contributed by atoms with Gasteiger partial charge in [-0.2, -0.15) is 0 Å². The van der Waals surface area contributed by atoms with Crippen molar-refractivity contribution in [3.05, 3.63) is 12.2 Å². The van der Waals surface area contributed by atoms with E-state index < -0.39 is 0 Å². The molecule has 72 valence electrons. The minimum Gasteiger partial charge on any atom is -0.300 e. The van der Waals surface area contributed by atoms with E-state index in [0.717, 1.165) is 18.8 Å². The third-order valence-corrected chi connectivity index (χ3v) is 3.60. The van der Waals surface area contributed by atoms with E-state index in [9.17, 15) is 4.79 Å². The van der Waals surface area contributed by atoms with E-state index in [4.69, 9.17) is 0 Å². The molecule has 3 atom stereocenters. The third kappa shape index (κ3) is 1.70. The van der Waals surface area contributed by atoms with Gasteiger partial charge in [0.15, 0.2) is 0 Å². The monoisotopic (exact) mass is 178 g/mol. The van der Waals surface area contributed by atoms with Crippen LogP contribution < -0.4 is 0 Å². The van der Waals surface area contributed by atoms with E-state index in [2.05, 4.69) is 26.0 Å². The molecule has 2 rings (SSSR count). The first-order valence-corrected chi connectivity index (χ1v) is 5.37. The lowest BCUT2D eigenvalue weighted by Gasteiger charge is -2.28. The normalized spacial score (nSPS) is 38.4. The minimum atomic E-state index is 0.476. The molecule has 0 heterocycles. The molecule has 1 unspecified atom stereocenters. The molecule has 0 radical (unpaired) electrons. The van der Waals surface area contributed by atoms with Crippen molar-refractivity contribution >= 4 is 5.78 Å². The zero-order valence-electron chi connectivity index (χ0n) is 8.49. The van der Waals surface area contributed by atoms with Crippen LogP contribution in [0.2, 0.25) is 0 Å². The maximum absolute atomic E-state index is 11.3. The number of allylic oxidation sites excluding steroid dienone is 2. The van der Waals surface area contributed by atoms with Crippen LogP contribution in [0.4, 0.5) is 0 Å². The lowest BCUT2D eigenvalue weighted by molar-refractivity contribution is -0.117. The van der Waals surface area contributed by atoms with Gasteiger partial charge in [0.25, 0.3) is 0 Å². The van der Waals surface area contributed by atoms with Crippen molar-refractivity contribution in [3.8, 4) is 0 Å². The molecule has 0 saturated heterocycles. The molecule has 1 heteroatoms. The number of carbonyl (C=O) groups excluding carboxylic acids is 1. The van der Waals surface area contributed by atoms with Crippen molar-refractivity contribution in [3.63, 3.8) is 0 Å². The highest BCUT2D eigenvalue weighted by Crippen LogP contribution is 2.40. The van der Waals surface area contributed by atoms with E-state index >= 15 is 0 Å². The molecular weight excluding hydrogens is 160 g/mol. The Balaban J connectivity index is 2.07. The molecule has 0 bridgehead atoms. The summed E-state index contributed by atoms with van der Waals surface area (Å²) in [4.78, 5) is 11.3. The van der Waals surface area contributed by atoms with Gasteiger partial charge in [0.1, 0.15) is 5.78 Å². The quantitative estimate of drug-likeness (QED) is 0.564. The van der Waals surface area contributed by atoms with E-state index in [1.807, 2.05) is 0 Å². The van der Waals surface area contributed by atoms with Crippen molar-refractivity contribution in [1.29, 1.82) is 0 Å². The summed E-state index contributed by atoms with van der Waals surface area (Å²) in [5.41, 5.74) is 0. The Hall–Kier alpha value is -0.590. The predicted octanol–water partition coefficient (Wildman–Crippen LogP) is 2.81. The predicted molar refractivity (Wildman–Crippen MR) is 53.3 cm³/mol. The van der Waals surface area contributed by atoms with Gasteiger partial charge in [-0.25, -0.2) is 0 Å². The van der Waals surface area contributed by atoms with Crippen molar-refractivity contribution < 1.29 is 4.79 Å². The standard InChI is InChI=1S/C12H18O/c1-8(2)9-3-4-10-6-12(13)7-11(10)5-9/h3-4,8-11H,5-7H2,1-2H3/t9?,10-,11-/m1/s1. The lowest BCUT2D eigenvalue weighted by atomic mass is 9.77. The molecule has 1 nitrogen and oxygen atoms in total. The highest BCUT2D eigenvalue weighted by Gasteiger charge is 2.35. The molecule has 13 heavy (non-hydrogen) atoms. The molecular formula is C12H18O. The Morgan fingerprint density at radius 1 is 1.31 bits per heavy atom. The fourth-order valence-electron chi connectivity index (χ4n) is 2.65. The molecule has 1 saturated carbocycles. The van der Waals surface area contributed by atoms with Gasteiger partial charge in [0.2, 0.25) is 0 Å². The van der Waals surface area contributed by atoms with E-state index in [-0.39, 0.29) is 0 Å². The summed E-state index contributed by atoms with van der Waals surface area (Å²) in [6.07, 6.45) is 7.53. The Morgan fingerprint density at radius 2 is 2.08 bits per heavy atom. The second-order valence-corrected chi connectivity index (χ2v) is 4.90. The largest absolute Gasteiger partial charge is 0.300 e. The summed E-state index contributed by atoms with van der Waals surface area (Å²) in [5, 5.41) is 0. The SMILES string of the molecule is CC(C)C1C=C[C@@H]2CC(=O)C[C@H]2C1. The second kappa shape index (κ2) is 3.28. The highest BCUT2D eigenvalue weighted by atomic mass is 16.1. The number of carbonyl (C=O) groups is 1. The molecule has 0 amide bonds. The summed E-state index contributed by atoms with van der Waals surface area (Å²) in [6, 6.07) is 0. The summed E-state index contributed by atoms with van der Waals surface area (Å²) >= 11 is 0. The third-order valence-electron chi connectivity index (χ3n) is 3.60. The van der Waals surface area contributed by atoms with Gasteiger partial charge in [0, 0.05) is 12.8 Å². The molecule has 0 aromatic carbocycles. The fraction of sp³-hybridized carbons (Fsp3) is 0.750. The molecule has 2 aliphatic rings. The molecule has 1 fully saturated rings. The average molecular weight is 178 g/mol. The van der Waals surface area contributed by atoms with Gasteiger partial charge in [-0.1, -0.05) is 26.0 Å². The Kier molecular flexibility index (Phi) is 2.27. The number of ketones is 1. The van der Waals surface area contributed by atoms with Crippen molar-refractivity contribution in [1.82, 2.24) is 0 Å². The first-order valence-electron chi connectivity index (χ1n) is 5.37. The minimum absolute atomic E-state index is 0.476. The van der Waals surface area contributed by atoms with Crippen LogP contribution in [-0.2, 0) is 4.79 Å². The Labute approximate surface area is 80.2 Å². The lowest BCUT2D eigenvalue weighted by Crippen LogP contribution is -2.19. The summed E-state index contributed by atoms with van der Waals surface area (Å²) in [7, 11) is 0. The van der Waals surface area contributed by atoms with Crippen molar-refractivity contribution in [2.45, 2.75) is 33.1 Å². The van der Waals surface area contributed by atoms with Crippen molar-refractivity contribution in [2.75, 3.05) is 0 Å². The molecule has 0 spiro atoms. The van der Waals surface area contributed by atoms with Crippen LogP contribution in [0.3, 0.4) is 0 Å². The van der Waals surface area contributed by atoms with Gasteiger partial charge >= 0.3 is 0 Å². The van der Waals surface area contributed by atoms with Crippen molar-refractivity contribution in [2.24, 2.45) is 23.7 Å². The van der Waals surface area contributed by atoms with Crippen LogP contribution in [0.5, 0.6) is 0 Å².